The Morgan fingerprint density at radius 1 is 0.905 bits per heavy atom. The van der Waals surface area contributed by atoms with Crippen molar-refractivity contribution in [2.75, 3.05) is 5.32 Å². The lowest BCUT2D eigenvalue weighted by atomic mass is 10.1. The number of hydrogen-bond acceptors (Lipinski definition) is 3. The third-order valence-corrected chi connectivity index (χ3v) is 3.51. The van der Waals surface area contributed by atoms with Crippen molar-refractivity contribution in [2.24, 2.45) is 0 Å². The molecule has 3 heteroatoms. The highest BCUT2D eigenvalue weighted by molar-refractivity contribution is 5.76. The average Bonchev–Trinajstić information content (AvgIpc) is 2.49. The molecule has 1 unspecified atom stereocenters. The number of rotatable bonds is 4. The summed E-state index contributed by atoms with van der Waals surface area (Å²) in [4.78, 5) is 9.29. The van der Waals surface area contributed by atoms with E-state index in [4.69, 9.17) is 0 Å². The topological polar surface area (TPSA) is 37.8 Å². The smallest absolute Gasteiger partial charge is 0.148 e. The van der Waals surface area contributed by atoms with Gasteiger partial charge in [0.1, 0.15) is 5.82 Å². The first-order chi connectivity index (χ1) is 10.2. The van der Waals surface area contributed by atoms with Crippen LogP contribution in [-0.4, -0.2) is 16.0 Å². The van der Waals surface area contributed by atoms with Crippen LogP contribution in [0.3, 0.4) is 0 Å². The summed E-state index contributed by atoms with van der Waals surface area (Å²) in [6, 6.07) is 18.8. The number of fused-ring (bicyclic) bond motifs is 1. The number of para-hydroxylation sites is 2. The van der Waals surface area contributed by atoms with Gasteiger partial charge in [0.2, 0.25) is 0 Å². The van der Waals surface area contributed by atoms with Crippen LogP contribution in [0.15, 0.2) is 54.6 Å². The summed E-state index contributed by atoms with van der Waals surface area (Å²) in [5.74, 6) is 0.872. The van der Waals surface area contributed by atoms with Gasteiger partial charge in [-0.3, -0.25) is 0 Å². The Morgan fingerprint density at radius 2 is 1.52 bits per heavy atom. The van der Waals surface area contributed by atoms with Crippen molar-refractivity contribution in [3.8, 4) is 0 Å². The van der Waals surface area contributed by atoms with E-state index in [0.29, 0.717) is 6.04 Å². The normalized spacial score (nSPS) is 12.3. The lowest BCUT2D eigenvalue weighted by molar-refractivity contribution is 0.782. The van der Waals surface area contributed by atoms with Gasteiger partial charge in [0, 0.05) is 6.04 Å². The highest BCUT2D eigenvalue weighted by Crippen LogP contribution is 2.17. The molecule has 0 saturated carbocycles. The van der Waals surface area contributed by atoms with Crippen molar-refractivity contribution in [2.45, 2.75) is 26.3 Å². The number of nitrogens with one attached hydrogen (secondary N) is 1. The maximum Gasteiger partial charge on any atom is 0.148 e. The molecular formula is C18H19N3. The second-order valence-electron chi connectivity index (χ2n) is 5.38. The lowest BCUT2D eigenvalue weighted by Crippen LogP contribution is -2.20. The lowest BCUT2D eigenvalue weighted by Gasteiger charge is -2.16. The van der Waals surface area contributed by atoms with Crippen LogP contribution in [0, 0.1) is 6.92 Å². The van der Waals surface area contributed by atoms with Crippen LogP contribution in [0.25, 0.3) is 11.0 Å². The van der Waals surface area contributed by atoms with Gasteiger partial charge < -0.3 is 5.32 Å². The summed E-state index contributed by atoms with van der Waals surface area (Å²) in [5.41, 5.74) is 4.13. The molecule has 1 heterocycles. The van der Waals surface area contributed by atoms with Gasteiger partial charge in [0.15, 0.2) is 0 Å². The molecule has 0 spiro atoms. The molecule has 106 valence electrons. The number of hydrogen-bond donors (Lipinski definition) is 1. The predicted molar refractivity (Wildman–Crippen MR) is 87.5 cm³/mol. The van der Waals surface area contributed by atoms with Crippen molar-refractivity contribution in [1.82, 2.24) is 9.97 Å². The van der Waals surface area contributed by atoms with Crippen LogP contribution in [0.1, 0.15) is 18.2 Å². The van der Waals surface area contributed by atoms with Crippen LogP contribution in [-0.2, 0) is 6.42 Å². The van der Waals surface area contributed by atoms with Crippen molar-refractivity contribution in [3.63, 3.8) is 0 Å². The molecule has 1 aromatic heterocycles. The van der Waals surface area contributed by atoms with E-state index in [1.807, 2.05) is 37.3 Å². The third-order valence-electron chi connectivity index (χ3n) is 3.51. The van der Waals surface area contributed by atoms with Crippen LogP contribution < -0.4 is 5.32 Å². The Morgan fingerprint density at radius 3 is 2.24 bits per heavy atom. The molecule has 21 heavy (non-hydrogen) atoms. The Hall–Kier alpha value is -2.42. The second kappa shape index (κ2) is 5.92. The summed E-state index contributed by atoms with van der Waals surface area (Å²) in [6.45, 7) is 4.17. The minimum absolute atomic E-state index is 0.307. The van der Waals surface area contributed by atoms with Crippen LogP contribution in [0.5, 0.6) is 0 Å². The number of anilines is 1. The molecule has 2 aromatic carbocycles. The van der Waals surface area contributed by atoms with E-state index in [1.54, 1.807) is 0 Å². The van der Waals surface area contributed by atoms with Crippen molar-refractivity contribution >= 4 is 16.9 Å². The minimum atomic E-state index is 0.307. The molecule has 0 bridgehead atoms. The molecule has 3 nitrogen and oxygen atoms in total. The summed E-state index contributed by atoms with van der Waals surface area (Å²) in [5, 5.41) is 3.48. The molecule has 3 rings (SSSR count). The number of nitrogens with zero attached hydrogens (tertiary/aromatic N) is 2. The fourth-order valence-electron chi connectivity index (χ4n) is 2.48. The molecule has 0 saturated heterocycles. The molecule has 3 aromatic rings. The van der Waals surface area contributed by atoms with E-state index in [1.165, 1.54) is 5.56 Å². The fraction of sp³-hybridized carbons (Fsp3) is 0.222. The highest BCUT2D eigenvalue weighted by Gasteiger charge is 2.09. The number of aryl methyl sites for hydroxylation is 1. The van der Waals surface area contributed by atoms with Gasteiger partial charge in [-0.15, -0.1) is 0 Å². The molecule has 0 radical (unpaired) electrons. The standard InChI is InChI=1S/C18H19N3/c1-13(12-15-8-4-3-5-9-15)19-18-14(2)20-16-10-6-7-11-17(16)21-18/h3-11,13H,12H2,1-2H3,(H,19,21). The first kappa shape index (κ1) is 13.6. The molecule has 1 N–H and O–H groups in total. The summed E-state index contributed by atoms with van der Waals surface area (Å²) >= 11 is 0. The fourth-order valence-corrected chi connectivity index (χ4v) is 2.48. The van der Waals surface area contributed by atoms with Gasteiger partial charge in [-0.2, -0.15) is 0 Å². The van der Waals surface area contributed by atoms with Gasteiger partial charge in [-0.05, 0) is 38.0 Å². The Kier molecular flexibility index (Phi) is 3.82. The van der Waals surface area contributed by atoms with Crippen molar-refractivity contribution < 1.29 is 0 Å². The maximum absolute atomic E-state index is 4.68. The second-order valence-corrected chi connectivity index (χ2v) is 5.38. The zero-order valence-corrected chi connectivity index (χ0v) is 12.4. The Bertz CT molecular complexity index is 738. The Labute approximate surface area is 125 Å². The number of benzene rings is 2. The summed E-state index contributed by atoms with van der Waals surface area (Å²) in [6.07, 6.45) is 0.967. The van der Waals surface area contributed by atoms with E-state index in [0.717, 1.165) is 29.0 Å². The maximum atomic E-state index is 4.68. The largest absolute Gasteiger partial charge is 0.366 e. The number of aromatic nitrogens is 2. The predicted octanol–water partition coefficient (Wildman–Crippen LogP) is 3.98. The monoisotopic (exact) mass is 277 g/mol. The molecular weight excluding hydrogens is 258 g/mol. The van der Waals surface area contributed by atoms with Gasteiger partial charge in [0.25, 0.3) is 0 Å². The highest BCUT2D eigenvalue weighted by atomic mass is 15.0. The first-order valence-corrected chi connectivity index (χ1v) is 7.26. The van der Waals surface area contributed by atoms with E-state index in [9.17, 15) is 0 Å². The molecule has 0 aliphatic rings. The van der Waals surface area contributed by atoms with E-state index >= 15 is 0 Å². The Balaban J connectivity index is 1.79. The van der Waals surface area contributed by atoms with Gasteiger partial charge in [0.05, 0.1) is 16.7 Å². The van der Waals surface area contributed by atoms with Crippen LogP contribution in [0.4, 0.5) is 5.82 Å². The molecule has 1 atom stereocenters. The summed E-state index contributed by atoms with van der Waals surface area (Å²) < 4.78 is 0. The molecule has 0 aliphatic heterocycles. The van der Waals surface area contributed by atoms with E-state index in [2.05, 4.69) is 46.5 Å². The minimum Gasteiger partial charge on any atom is -0.366 e. The zero-order valence-electron chi connectivity index (χ0n) is 12.4. The van der Waals surface area contributed by atoms with Gasteiger partial charge >= 0.3 is 0 Å². The zero-order chi connectivity index (χ0) is 14.7. The molecule has 0 fully saturated rings. The van der Waals surface area contributed by atoms with E-state index < -0.39 is 0 Å². The van der Waals surface area contributed by atoms with Crippen molar-refractivity contribution in [3.05, 3.63) is 65.9 Å². The van der Waals surface area contributed by atoms with Crippen LogP contribution in [0.2, 0.25) is 0 Å². The van der Waals surface area contributed by atoms with E-state index in [-0.39, 0.29) is 0 Å². The van der Waals surface area contributed by atoms with Crippen molar-refractivity contribution in [1.29, 1.82) is 0 Å². The third kappa shape index (κ3) is 3.19. The van der Waals surface area contributed by atoms with Crippen LogP contribution >= 0.6 is 0 Å². The van der Waals surface area contributed by atoms with Gasteiger partial charge in [-0.1, -0.05) is 42.5 Å². The summed E-state index contributed by atoms with van der Waals surface area (Å²) in [7, 11) is 0. The van der Waals surface area contributed by atoms with Gasteiger partial charge in [-0.25, -0.2) is 9.97 Å². The SMILES string of the molecule is Cc1nc2ccccc2nc1NC(C)Cc1ccccc1. The quantitative estimate of drug-likeness (QED) is 0.783. The molecule has 0 aliphatic carbocycles. The first-order valence-electron chi connectivity index (χ1n) is 7.26. The average molecular weight is 277 g/mol. The molecule has 0 amide bonds.